The van der Waals surface area contributed by atoms with Gasteiger partial charge in [0.25, 0.3) is 0 Å². The van der Waals surface area contributed by atoms with E-state index in [1.54, 1.807) is 6.92 Å². The lowest BCUT2D eigenvalue weighted by molar-refractivity contribution is -0.132. The first-order valence-electron chi connectivity index (χ1n) is 8.65. The Hall–Kier alpha value is -2.57. The highest BCUT2D eigenvalue weighted by atomic mass is 16.7. The summed E-state index contributed by atoms with van der Waals surface area (Å²) >= 11 is 0. The van der Waals surface area contributed by atoms with E-state index in [4.69, 9.17) is 13.9 Å². The highest BCUT2D eigenvalue weighted by Crippen LogP contribution is 2.33. The van der Waals surface area contributed by atoms with E-state index in [9.17, 15) is 4.79 Å². The average Bonchev–Trinajstić information content (AvgIpc) is 3.28. The molecule has 132 valence electrons. The van der Waals surface area contributed by atoms with Crippen molar-refractivity contribution >= 4 is 5.91 Å². The number of aromatic nitrogens is 2. The predicted octanol–water partition coefficient (Wildman–Crippen LogP) is 2.45. The van der Waals surface area contributed by atoms with Crippen molar-refractivity contribution in [2.24, 2.45) is 0 Å². The molecule has 7 heteroatoms. The summed E-state index contributed by atoms with van der Waals surface area (Å²) in [6.45, 7) is 3.55. The molecule has 1 amide bonds. The van der Waals surface area contributed by atoms with Crippen molar-refractivity contribution in [1.82, 2.24) is 15.1 Å². The summed E-state index contributed by atoms with van der Waals surface area (Å²) in [4.78, 5) is 14.4. The van der Waals surface area contributed by atoms with Gasteiger partial charge in [-0.15, -0.1) is 10.2 Å². The second-order valence-corrected chi connectivity index (χ2v) is 6.50. The Morgan fingerprint density at radius 3 is 2.76 bits per heavy atom. The zero-order valence-electron chi connectivity index (χ0n) is 14.2. The molecule has 0 atom stereocenters. The van der Waals surface area contributed by atoms with Gasteiger partial charge in [-0.25, -0.2) is 0 Å². The number of amides is 1. The number of rotatable bonds is 4. The first kappa shape index (κ1) is 15.9. The summed E-state index contributed by atoms with van der Waals surface area (Å²) in [5.74, 6) is 3.29. The number of benzene rings is 1. The molecule has 0 saturated carbocycles. The fourth-order valence-electron chi connectivity index (χ4n) is 3.36. The van der Waals surface area contributed by atoms with Crippen molar-refractivity contribution in [3.63, 3.8) is 0 Å². The molecular formula is C18H21N3O4. The Bertz CT molecular complexity index is 765. The van der Waals surface area contributed by atoms with Crippen LogP contribution in [0.2, 0.25) is 0 Å². The van der Waals surface area contributed by atoms with Gasteiger partial charge in [-0.3, -0.25) is 4.79 Å². The molecule has 0 bridgehead atoms. The van der Waals surface area contributed by atoms with Crippen LogP contribution >= 0.6 is 0 Å². The summed E-state index contributed by atoms with van der Waals surface area (Å²) in [6, 6.07) is 5.85. The lowest BCUT2D eigenvalue weighted by Gasteiger charge is -2.30. The van der Waals surface area contributed by atoms with Crippen LogP contribution in [0.4, 0.5) is 0 Å². The van der Waals surface area contributed by atoms with Gasteiger partial charge in [-0.05, 0) is 37.0 Å². The fourth-order valence-corrected chi connectivity index (χ4v) is 3.36. The minimum absolute atomic E-state index is 0.192. The molecule has 7 nitrogen and oxygen atoms in total. The van der Waals surface area contributed by atoms with E-state index >= 15 is 0 Å². The molecule has 0 unspecified atom stereocenters. The smallest absolute Gasteiger partial charge is 0.231 e. The number of piperidine rings is 1. The predicted molar refractivity (Wildman–Crippen MR) is 88.5 cm³/mol. The summed E-state index contributed by atoms with van der Waals surface area (Å²) in [5, 5.41) is 7.99. The Morgan fingerprint density at radius 1 is 1.20 bits per heavy atom. The van der Waals surface area contributed by atoms with Crippen LogP contribution in [0.3, 0.4) is 0 Å². The normalized spacial score (nSPS) is 17.1. The van der Waals surface area contributed by atoms with Crippen molar-refractivity contribution in [3.05, 3.63) is 35.5 Å². The van der Waals surface area contributed by atoms with E-state index in [0.29, 0.717) is 24.6 Å². The van der Waals surface area contributed by atoms with Crippen molar-refractivity contribution < 1.29 is 18.7 Å². The van der Waals surface area contributed by atoms with Crippen LogP contribution in [0.15, 0.2) is 22.6 Å². The monoisotopic (exact) mass is 343 g/mol. The maximum absolute atomic E-state index is 12.5. The molecule has 0 N–H and O–H groups in total. The van der Waals surface area contributed by atoms with Gasteiger partial charge in [0.05, 0.1) is 0 Å². The zero-order chi connectivity index (χ0) is 17.2. The van der Waals surface area contributed by atoms with Gasteiger partial charge >= 0.3 is 0 Å². The molecule has 1 saturated heterocycles. The van der Waals surface area contributed by atoms with Crippen LogP contribution in [0.25, 0.3) is 0 Å². The number of ether oxygens (including phenoxy) is 2. The minimum atomic E-state index is 0.192. The lowest BCUT2D eigenvalue weighted by Crippen LogP contribution is -2.38. The van der Waals surface area contributed by atoms with Gasteiger partial charge in [0.1, 0.15) is 0 Å². The number of carbonyl (C=O) groups excluding carboxylic acids is 1. The molecule has 0 spiro atoms. The van der Waals surface area contributed by atoms with Crippen LogP contribution in [0.5, 0.6) is 11.5 Å². The Kier molecular flexibility index (Phi) is 4.29. The molecule has 0 radical (unpaired) electrons. The lowest BCUT2D eigenvalue weighted by atomic mass is 9.96. The van der Waals surface area contributed by atoms with Crippen molar-refractivity contribution in [3.8, 4) is 11.5 Å². The largest absolute Gasteiger partial charge is 0.454 e. The number of carbonyl (C=O) groups is 1. The number of aryl methyl sites for hydroxylation is 2. The fraction of sp³-hybridized carbons (Fsp3) is 0.500. The molecule has 1 fully saturated rings. The van der Waals surface area contributed by atoms with Crippen LogP contribution in [-0.2, 0) is 11.2 Å². The Morgan fingerprint density at radius 2 is 2.00 bits per heavy atom. The van der Waals surface area contributed by atoms with E-state index in [1.165, 1.54) is 0 Å². The van der Waals surface area contributed by atoms with Crippen LogP contribution < -0.4 is 9.47 Å². The summed E-state index contributed by atoms with van der Waals surface area (Å²) in [6.07, 6.45) is 2.96. The summed E-state index contributed by atoms with van der Waals surface area (Å²) in [5.41, 5.74) is 1.09. The van der Waals surface area contributed by atoms with Crippen LogP contribution in [0.1, 0.15) is 42.5 Å². The van der Waals surface area contributed by atoms with Crippen molar-refractivity contribution in [2.45, 2.75) is 38.5 Å². The zero-order valence-corrected chi connectivity index (χ0v) is 14.2. The average molecular weight is 343 g/mol. The molecule has 3 heterocycles. The van der Waals surface area contributed by atoms with Gasteiger partial charge in [0, 0.05) is 32.4 Å². The molecule has 2 aliphatic rings. The molecular weight excluding hydrogens is 322 g/mol. The maximum Gasteiger partial charge on any atom is 0.231 e. The molecule has 1 aromatic carbocycles. The first-order valence-corrected chi connectivity index (χ1v) is 8.65. The third-order valence-corrected chi connectivity index (χ3v) is 4.80. The van der Waals surface area contributed by atoms with Crippen LogP contribution in [0, 0.1) is 6.92 Å². The summed E-state index contributed by atoms with van der Waals surface area (Å²) < 4.78 is 16.2. The molecule has 2 aliphatic heterocycles. The van der Waals surface area contributed by atoms with Gasteiger partial charge < -0.3 is 18.8 Å². The third-order valence-electron chi connectivity index (χ3n) is 4.80. The number of nitrogens with zero attached hydrogens (tertiary/aromatic N) is 3. The van der Waals surface area contributed by atoms with Gasteiger partial charge in [0.15, 0.2) is 11.5 Å². The second kappa shape index (κ2) is 6.74. The third kappa shape index (κ3) is 3.45. The quantitative estimate of drug-likeness (QED) is 0.848. The van der Waals surface area contributed by atoms with E-state index in [1.807, 2.05) is 23.1 Å². The summed E-state index contributed by atoms with van der Waals surface area (Å²) in [7, 11) is 0. The highest BCUT2D eigenvalue weighted by Gasteiger charge is 2.27. The van der Waals surface area contributed by atoms with E-state index in [2.05, 4.69) is 10.2 Å². The molecule has 2 aromatic rings. The van der Waals surface area contributed by atoms with E-state index < -0.39 is 0 Å². The second-order valence-electron chi connectivity index (χ2n) is 6.50. The standard InChI is InChI=1S/C18H21N3O4/c1-12-19-20-18(25-12)14-6-8-21(9-7-14)17(22)5-3-13-2-4-15-16(10-13)24-11-23-15/h2,4,10,14H,3,5-9,11H2,1H3. The molecule has 4 rings (SSSR count). The Balaban J connectivity index is 1.28. The number of fused-ring (bicyclic) bond motifs is 1. The maximum atomic E-state index is 12.5. The Labute approximate surface area is 145 Å². The molecule has 1 aromatic heterocycles. The highest BCUT2D eigenvalue weighted by molar-refractivity contribution is 5.76. The van der Waals surface area contributed by atoms with Gasteiger partial charge in [0.2, 0.25) is 24.5 Å². The molecule has 0 aliphatic carbocycles. The topological polar surface area (TPSA) is 77.7 Å². The van der Waals surface area contributed by atoms with Crippen molar-refractivity contribution in [2.75, 3.05) is 19.9 Å². The number of hydrogen-bond acceptors (Lipinski definition) is 6. The first-order chi connectivity index (χ1) is 12.2. The molecule has 25 heavy (non-hydrogen) atoms. The van der Waals surface area contributed by atoms with E-state index in [-0.39, 0.29) is 18.6 Å². The van der Waals surface area contributed by atoms with Crippen molar-refractivity contribution in [1.29, 1.82) is 0 Å². The number of hydrogen-bond donors (Lipinski definition) is 0. The van der Waals surface area contributed by atoms with E-state index in [0.717, 1.165) is 43.0 Å². The van der Waals surface area contributed by atoms with Gasteiger partial charge in [-0.2, -0.15) is 0 Å². The van der Waals surface area contributed by atoms with Crippen LogP contribution in [-0.4, -0.2) is 40.9 Å². The minimum Gasteiger partial charge on any atom is -0.454 e. The number of likely N-dealkylation sites (tertiary alicyclic amines) is 1. The van der Waals surface area contributed by atoms with Gasteiger partial charge in [-0.1, -0.05) is 6.07 Å². The SMILES string of the molecule is Cc1nnc(C2CCN(C(=O)CCc3ccc4c(c3)OCO4)CC2)o1.